The van der Waals surface area contributed by atoms with Gasteiger partial charge in [-0.1, -0.05) is 66.6 Å². The number of hydrogen-bond acceptors (Lipinski definition) is 10. The van der Waals surface area contributed by atoms with Crippen molar-refractivity contribution in [3.63, 3.8) is 0 Å². The van der Waals surface area contributed by atoms with Crippen molar-refractivity contribution in [2.75, 3.05) is 19.6 Å². The van der Waals surface area contributed by atoms with Gasteiger partial charge in [-0.2, -0.15) is 0 Å². The molecule has 0 bridgehead atoms. The van der Waals surface area contributed by atoms with E-state index in [1.165, 1.54) is 4.90 Å². The smallest absolute Gasteiger partial charge is 0.410 e. The third-order valence-electron chi connectivity index (χ3n) is 11.3. The molecule has 59 heavy (non-hydrogen) atoms. The van der Waals surface area contributed by atoms with Crippen LogP contribution in [0.1, 0.15) is 85.2 Å². The number of nitrogens with zero attached hydrogens (tertiary/aromatic N) is 3. The normalized spacial score (nSPS) is 19.5. The predicted octanol–water partition coefficient (Wildman–Crippen LogP) is 6.11. The van der Waals surface area contributed by atoms with Gasteiger partial charge < -0.3 is 40.1 Å². The molecular formula is C44H51ClN6O8. The van der Waals surface area contributed by atoms with Crippen LogP contribution in [-0.4, -0.2) is 94.5 Å². The SMILES string of the molecule is NCc1ccc(C[C@H](NC(=O)[C@@H]2C[C@@H](OC(=O)N3CCCCC3)CN2C(=O)[C@@H](Cc2cccc(Cl)c2)NC(=O)OC2CCCCC2)C(=O)c2nc3ccccc3o2)cc1. The molecule has 312 valence electrons. The zero-order valence-electron chi connectivity index (χ0n) is 33.0. The number of nitrogens with two attached hydrogens (primary N) is 1. The summed E-state index contributed by atoms with van der Waals surface area (Å²) in [7, 11) is 0. The maximum absolute atomic E-state index is 14.8. The number of fused-ring (bicyclic) bond motifs is 1. The van der Waals surface area contributed by atoms with Gasteiger partial charge in [-0.15, -0.1) is 0 Å². The van der Waals surface area contributed by atoms with Crippen molar-refractivity contribution >= 4 is 52.5 Å². The number of hydrogen-bond donors (Lipinski definition) is 3. The lowest BCUT2D eigenvalue weighted by Crippen LogP contribution is -2.56. The third kappa shape index (κ3) is 10.8. The number of likely N-dealkylation sites (tertiary alicyclic amines) is 2. The van der Waals surface area contributed by atoms with Gasteiger partial charge in [-0.05, 0) is 85.9 Å². The molecule has 3 heterocycles. The Morgan fingerprint density at radius 1 is 0.797 bits per heavy atom. The van der Waals surface area contributed by atoms with Gasteiger partial charge in [0.15, 0.2) is 5.58 Å². The second-order valence-electron chi connectivity index (χ2n) is 15.6. The molecule has 1 saturated carbocycles. The van der Waals surface area contributed by atoms with Crippen LogP contribution < -0.4 is 16.4 Å². The summed E-state index contributed by atoms with van der Waals surface area (Å²) in [5.41, 5.74) is 9.04. The van der Waals surface area contributed by atoms with Crippen LogP contribution in [0.25, 0.3) is 11.1 Å². The lowest BCUT2D eigenvalue weighted by Gasteiger charge is -2.30. The average molecular weight is 827 g/mol. The number of alkyl carbamates (subject to hydrolysis) is 1. The summed E-state index contributed by atoms with van der Waals surface area (Å²) in [6.45, 7) is 1.33. The fraction of sp³-hybridized carbons (Fsp3) is 0.455. The van der Waals surface area contributed by atoms with E-state index in [1.54, 1.807) is 53.4 Å². The molecule has 14 nitrogen and oxygen atoms in total. The van der Waals surface area contributed by atoms with Crippen molar-refractivity contribution in [2.45, 2.75) is 108 Å². The minimum absolute atomic E-state index is 0.0391. The van der Waals surface area contributed by atoms with E-state index in [0.29, 0.717) is 41.3 Å². The monoisotopic (exact) mass is 826 g/mol. The molecule has 4 amide bonds. The fourth-order valence-electron chi connectivity index (χ4n) is 8.13. The molecule has 4 aromatic rings. The Morgan fingerprint density at radius 3 is 2.24 bits per heavy atom. The van der Waals surface area contributed by atoms with E-state index in [2.05, 4.69) is 15.6 Å². The highest BCUT2D eigenvalue weighted by Crippen LogP contribution is 2.26. The van der Waals surface area contributed by atoms with Crippen LogP contribution in [0.15, 0.2) is 77.2 Å². The largest absolute Gasteiger partial charge is 0.446 e. The van der Waals surface area contributed by atoms with Crippen LogP contribution >= 0.6 is 11.6 Å². The predicted molar refractivity (Wildman–Crippen MR) is 220 cm³/mol. The number of carbonyl (C=O) groups excluding carboxylic acids is 5. The quantitative estimate of drug-likeness (QED) is 0.133. The summed E-state index contributed by atoms with van der Waals surface area (Å²) in [6.07, 6.45) is 4.87. The number of ether oxygens (including phenoxy) is 2. The highest BCUT2D eigenvalue weighted by Gasteiger charge is 2.45. The number of amides is 4. The molecule has 0 spiro atoms. The Morgan fingerprint density at radius 2 is 1.51 bits per heavy atom. The molecule has 0 unspecified atom stereocenters. The van der Waals surface area contributed by atoms with Crippen molar-refractivity contribution in [3.8, 4) is 0 Å². The number of halogens is 1. The van der Waals surface area contributed by atoms with Crippen LogP contribution in [0.5, 0.6) is 0 Å². The first kappa shape index (κ1) is 41.7. The summed E-state index contributed by atoms with van der Waals surface area (Å²) in [5, 5.41) is 6.14. The van der Waals surface area contributed by atoms with E-state index < -0.39 is 54.0 Å². The summed E-state index contributed by atoms with van der Waals surface area (Å²) in [4.78, 5) is 77.7. The summed E-state index contributed by atoms with van der Waals surface area (Å²) >= 11 is 6.32. The number of Topliss-reactive ketones (excluding diaryl/α,β-unsaturated/α-hetero) is 1. The van der Waals surface area contributed by atoms with Gasteiger partial charge in [-0.25, -0.2) is 14.6 Å². The van der Waals surface area contributed by atoms with E-state index >= 15 is 0 Å². The van der Waals surface area contributed by atoms with Gasteiger partial charge in [0.25, 0.3) is 5.89 Å². The van der Waals surface area contributed by atoms with Crippen LogP contribution in [0.4, 0.5) is 9.59 Å². The summed E-state index contributed by atoms with van der Waals surface area (Å²) in [5.74, 6) is -1.96. The minimum atomic E-state index is -1.18. The maximum Gasteiger partial charge on any atom is 0.410 e. The van der Waals surface area contributed by atoms with Crippen molar-refractivity contribution < 1.29 is 37.9 Å². The van der Waals surface area contributed by atoms with Crippen LogP contribution in [-0.2, 0) is 38.4 Å². The zero-order valence-corrected chi connectivity index (χ0v) is 33.7. The number of piperidine rings is 1. The van der Waals surface area contributed by atoms with Gasteiger partial charge in [0.1, 0.15) is 35.9 Å². The topological polar surface area (TPSA) is 186 Å². The van der Waals surface area contributed by atoms with Crippen molar-refractivity contribution in [3.05, 3.63) is 100 Å². The number of rotatable bonds is 13. The number of oxazole rings is 1. The van der Waals surface area contributed by atoms with Gasteiger partial charge >= 0.3 is 12.2 Å². The van der Waals surface area contributed by atoms with Crippen molar-refractivity contribution in [1.82, 2.24) is 25.4 Å². The van der Waals surface area contributed by atoms with E-state index in [4.69, 9.17) is 31.2 Å². The molecule has 3 aromatic carbocycles. The van der Waals surface area contributed by atoms with Gasteiger partial charge in [0.2, 0.25) is 17.6 Å². The lowest BCUT2D eigenvalue weighted by molar-refractivity contribution is -0.140. The van der Waals surface area contributed by atoms with E-state index in [0.717, 1.165) is 62.5 Å². The average Bonchev–Trinajstić information content (AvgIpc) is 3.89. The first-order valence-corrected chi connectivity index (χ1v) is 21.0. The highest BCUT2D eigenvalue weighted by atomic mass is 35.5. The Labute approximate surface area is 348 Å². The Bertz CT molecular complexity index is 2080. The van der Waals surface area contributed by atoms with Crippen LogP contribution in [0.2, 0.25) is 5.02 Å². The second kappa shape index (κ2) is 19.5. The second-order valence-corrected chi connectivity index (χ2v) is 16.1. The molecule has 15 heteroatoms. The molecule has 0 radical (unpaired) electrons. The standard InChI is InChI=1S/C44H51ClN6O8/c45-31-11-9-10-30(22-31)24-36(49-43(55)57-32-12-3-1-4-13-32)42(54)51-27-33(58-44(56)50-20-7-2-8-21-50)25-37(51)40(53)47-35(23-28-16-18-29(26-46)19-17-28)39(52)41-48-34-14-5-6-15-38(34)59-41/h5-6,9-11,14-19,22,32-33,35-37H,1-4,7-8,12-13,20-21,23-27,46H2,(H,47,53)(H,49,55)/t33-,35+,36-,37+/m1/s1. The van der Waals surface area contributed by atoms with Crippen molar-refractivity contribution in [2.24, 2.45) is 5.73 Å². The van der Waals surface area contributed by atoms with Crippen LogP contribution in [0, 0.1) is 0 Å². The number of aromatic nitrogens is 1. The summed E-state index contributed by atoms with van der Waals surface area (Å²) in [6, 6.07) is 17.8. The van der Waals surface area contributed by atoms with Gasteiger partial charge in [-0.3, -0.25) is 14.4 Å². The number of para-hydroxylation sites is 2. The maximum atomic E-state index is 14.8. The van der Waals surface area contributed by atoms with Gasteiger partial charge in [0.05, 0.1) is 6.54 Å². The molecule has 4 atom stereocenters. The third-order valence-corrected chi connectivity index (χ3v) is 11.5. The molecule has 1 aromatic heterocycles. The minimum Gasteiger partial charge on any atom is -0.446 e. The molecule has 1 aliphatic carbocycles. The summed E-state index contributed by atoms with van der Waals surface area (Å²) < 4.78 is 17.6. The molecule has 2 saturated heterocycles. The molecule has 7 rings (SSSR count). The zero-order chi connectivity index (χ0) is 41.3. The van der Waals surface area contributed by atoms with Gasteiger partial charge in [0, 0.05) is 43.9 Å². The van der Waals surface area contributed by atoms with Crippen molar-refractivity contribution in [1.29, 1.82) is 0 Å². The lowest BCUT2D eigenvalue weighted by atomic mass is 9.98. The first-order chi connectivity index (χ1) is 28.6. The Kier molecular flexibility index (Phi) is 13.8. The molecule has 2 aliphatic heterocycles. The van der Waals surface area contributed by atoms with E-state index in [-0.39, 0.29) is 37.8 Å². The van der Waals surface area contributed by atoms with Crippen LogP contribution in [0.3, 0.4) is 0 Å². The number of benzene rings is 3. The molecule has 3 fully saturated rings. The van der Waals surface area contributed by atoms with E-state index in [1.807, 2.05) is 24.3 Å². The Hall–Kier alpha value is -5.47. The highest BCUT2D eigenvalue weighted by molar-refractivity contribution is 6.30. The number of carbonyl (C=O) groups is 5. The molecule has 4 N–H and O–H groups in total. The number of nitrogens with one attached hydrogen (secondary N) is 2. The van der Waals surface area contributed by atoms with E-state index in [9.17, 15) is 24.0 Å². The number of ketones is 1. The molecular weight excluding hydrogens is 776 g/mol. The Balaban J connectivity index is 1.17. The molecule has 3 aliphatic rings. The first-order valence-electron chi connectivity index (χ1n) is 20.6. The fourth-order valence-corrected chi connectivity index (χ4v) is 8.34.